The zero-order valence-electron chi connectivity index (χ0n) is 15.3. The van der Waals surface area contributed by atoms with Crippen LogP contribution in [-0.4, -0.2) is 48.9 Å². The maximum Gasteiger partial charge on any atom is 0.168 e. The van der Waals surface area contributed by atoms with Crippen molar-refractivity contribution in [1.29, 1.82) is 5.26 Å². The second-order valence-electron chi connectivity index (χ2n) is 6.69. The topological polar surface area (TPSA) is 55.8 Å². The average molecular weight is 373 g/mol. The molecule has 1 aromatic heterocycles. The number of rotatable bonds is 7. The first-order valence-corrected chi connectivity index (χ1v) is 8.66. The van der Waals surface area contributed by atoms with E-state index in [1.165, 1.54) is 0 Å². The number of aliphatic imine (C=N–C) groups is 1. The Bertz CT molecular complexity index is 743. The molecule has 0 amide bonds. The molecule has 1 saturated carbocycles. The van der Waals surface area contributed by atoms with Gasteiger partial charge in [0, 0.05) is 19.6 Å². The van der Waals surface area contributed by atoms with Gasteiger partial charge in [0.2, 0.25) is 0 Å². The summed E-state index contributed by atoms with van der Waals surface area (Å²) in [5.41, 5.74) is 1.84. The van der Waals surface area contributed by atoms with Crippen molar-refractivity contribution in [1.82, 2.24) is 9.80 Å². The number of benzene rings is 1. The van der Waals surface area contributed by atoms with Crippen molar-refractivity contribution in [3.8, 4) is 6.07 Å². The van der Waals surface area contributed by atoms with Crippen molar-refractivity contribution in [3.63, 3.8) is 0 Å². The van der Waals surface area contributed by atoms with Gasteiger partial charge in [-0.3, -0.25) is 4.99 Å². The maximum atomic E-state index is 8.98. The minimum absolute atomic E-state index is 0. The van der Waals surface area contributed by atoms with Crippen LogP contribution in [0, 0.1) is 11.3 Å². The third kappa shape index (κ3) is 5.62. The lowest BCUT2D eigenvalue weighted by Crippen LogP contribution is -2.37. The normalized spacial score (nSPS) is 14.0. The molecule has 2 aromatic rings. The van der Waals surface area contributed by atoms with Gasteiger partial charge < -0.3 is 14.2 Å². The smallest absolute Gasteiger partial charge is 0.168 e. The fourth-order valence-corrected chi connectivity index (χ4v) is 2.57. The molecule has 0 bridgehead atoms. The van der Waals surface area contributed by atoms with Gasteiger partial charge in [-0.1, -0.05) is 12.1 Å². The Morgan fingerprint density at radius 3 is 2.46 bits per heavy atom. The molecule has 0 radical (unpaired) electrons. The van der Waals surface area contributed by atoms with E-state index in [0.717, 1.165) is 49.6 Å². The summed E-state index contributed by atoms with van der Waals surface area (Å²) in [5.74, 6) is 1.75. The first-order chi connectivity index (χ1) is 12.2. The van der Waals surface area contributed by atoms with Crippen LogP contribution in [0.4, 0.5) is 0 Å². The fourth-order valence-electron chi connectivity index (χ4n) is 2.57. The lowest BCUT2D eigenvalue weighted by Gasteiger charge is -2.27. The van der Waals surface area contributed by atoms with Crippen molar-refractivity contribution in [3.05, 3.63) is 59.5 Å². The highest BCUT2D eigenvalue weighted by atomic mass is 35.5. The molecule has 6 heteroatoms. The first kappa shape index (κ1) is 20.0. The molecule has 0 aliphatic heterocycles. The molecule has 1 aliphatic carbocycles. The molecular formula is C20H25ClN4O. The minimum atomic E-state index is 0. The lowest BCUT2D eigenvalue weighted by atomic mass is 10.1. The Kier molecular flexibility index (Phi) is 7.26. The Morgan fingerprint density at radius 1 is 1.19 bits per heavy atom. The average Bonchev–Trinajstić information content (AvgIpc) is 3.28. The molecule has 0 spiro atoms. The number of hydrogen-bond donors (Lipinski definition) is 0. The Hall–Kier alpha value is -2.29. The van der Waals surface area contributed by atoms with Crippen LogP contribution >= 0.6 is 12.4 Å². The van der Waals surface area contributed by atoms with Crippen LogP contribution in [0.1, 0.15) is 29.7 Å². The van der Waals surface area contributed by atoms with Gasteiger partial charge in [0.1, 0.15) is 0 Å². The molecule has 1 heterocycles. The predicted octanol–water partition coefficient (Wildman–Crippen LogP) is 3.55. The van der Waals surface area contributed by atoms with E-state index in [-0.39, 0.29) is 12.4 Å². The zero-order valence-corrected chi connectivity index (χ0v) is 16.1. The molecule has 3 rings (SSSR count). The number of hydrogen-bond acceptors (Lipinski definition) is 4. The van der Waals surface area contributed by atoms with E-state index in [9.17, 15) is 0 Å². The predicted molar refractivity (Wildman–Crippen MR) is 106 cm³/mol. The van der Waals surface area contributed by atoms with Crippen molar-refractivity contribution in [2.45, 2.75) is 25.4 Å². The summed E-state index contributed by atoms with van der Waals surface area (Å²) in [7, 11) is 4.15. The van der Waals surface area contributed by atoms with Crippen LogP contribution in [0.25, 0.3) is 0 Å². The van der Waals surface area contributed by atoms with Crippen LogP contribution < -0.4 is 0 Å². The molecule has 0 atom stereocenters. The molecule has 1 aromatic carbocycles. The van der Waals surface area contributed by atoms with Crippen LogP contribution in [0.3, 0.4) is 0 Å². The SMILES string of the molecule is CN(C)CCN(Cc1ccc(C#N)cc1)C(=NC1CC1)c1ccco1.Cl. The van der Waals surface area contributed by atoms with Crippen LogP contribution in [0.5, 0.6) is 0 Å². The standard InChI is InChI=1S/C20H24N4O.ClH/c1-23(2)11-12-24(15-17-7-5-16(14-21)6-8-17)20(22-18-9-10-18)19-4-3-13-25-19;/h3-8,13,18H,9-12,15H2,1-2H3;1H. The van der Waals surface area contributed by atoms with E-state index < -0.39 is 0 Å². The largest absolute Gasteiger partial charge is 0.461 e. The van der Waals surface area contributed by atoms with Gasteiger partial charge in [0.25, 0.3) is 0 Å². The number of halogens is 1. The summed E-state index contributed by atoms with van der Waals surface area (Å²) in [6.07, 6.45) is 4.01. The van der Waals surface area contributed by atoms with E-state index >= 15 is 0 Å². The van der Waals surface area contributed by atoms with Crippen LogP contribution in [0.2, 0.25) is 0 Å². The van der Waals surface area contributed by atoms with Crippen molar-refractivity contribution < 1.29 is 4.42 Å². The minimum Gasteiger partial charge on any atom is -0.461 e. The van der Waals surface area contributed by atoms with Crippen molar-refractivity contribution in [2.24, 2.45) is 4.99 Å². The van der Waals surface area contributed by atoms with E-state index in [4.69, 9.17) is 14.7 Å². The Morgan fingerprint density at radius 2 is 1.92 bits per heavy atom. The van der Waals surface area contributed by atoms with Gasteiger partial charge in [-0.2, -0.15) is 5.26 Å². The van der Waals surface area contributed by atoms with Gasteiger partial charge in [-0.05, 0) is 56.8 Å². The number of furan rings is 1. The number of likely N-dealkylation sites (N-methyl/N-ethyl adjacent to an activating group) is 1. The number of amidine groups is 1. The Labute approximate surface area is 161 Å². The number of nitrogens with zero attached hydrogens (tertiary/aromatic N) is 4. The third-order valence-electron chi connectivity index (χ3n) is 4.17. The zero-order chi connectivity index (χ0) is 17.6. The third-order valence-corrected chi connectivity index (χ3v) is 4.17. The Balaban J connectivity index is 0.00000243. The molecule has 5 nitrogen and oxygen atoms in total. The van der Waals surface area contributed by atoms with Gasteiger partial charge in [0.15, 0.2) is 11.6 Å². The second-order valence-corrected chi connectivity index (χ2v) is 6.69. The monoisotopic (exact) mass is 372 g/mol. The molecule has 0 unspecified atom stereocenters. The highest BCUT2D eigenvalue weighted by Gasteiger charge is 2.25. The molecular weight excluding hydrogens is 348 g/mol. The van der Waals surface area contributed by atoms with Crippen molar-refractivity contribution in [2.75, 3.05) is 27.2 Å². The summed E-state index contributed by atoms with van der Waals surface area (Å²) in [4.78, 5) is 9.36. The summed E-state index contributed by atoms with van der Waals surface area (Å²) >= 11 is 0. The summed E-state index contributed by atoms with van der Waals surface area (Å²) in [6, 6.07) is 14.2. The molecule has 26 heavy (non-hydrogen) atoms. The summed E-state index contributed by atoms with van der Waals surface area (Å²) in [6.45, 7) is 2.53. The van der Waals surface area contributed by atoms with Gasteiger partial charge in [-0.25, -0.2) is 0 Å². The number of nitriles is 1. The van der Waals surface area contributed by atoms with E-state index in [2.05, 4.69) is 30.0 Å². The quantitative estimate of drug-likeness (QED) is 0.551. The van der Waals surface area contributed by atoms with Crippen LogP contribution in [0.15, 0.2) is 52.1 Å². The van der Waals surface area contributed by atoms with Gasteiger partial charge in [-0.15, -0.1) is 12.4 Å². The van der Waals surface area contributed by atoms with Crippen LogP contribution in [-0.2, 0) is 6.54 Å². The molecule has 0 saturated heterocycles. The molecule has 138 valence electrons. The summed E-state index contributed by atoms with van der Waals surface area (Å²) in [5, 5.41) is 8.98. The summed E-state index contributed by atoms with van der Waals surface area (Å²) < 4.78 is 5.66. The molecule has 0 N–H and O–H groups in total. The maximum absolute atomic E-state index is 8.98. The lowest BCUT2D eigenvalue weighted by molar-refractivity contribution is 0.321. The second kappa shape index (κ2) is 9.42. The van der Waals surface area contributed by atoms with E-state index in [1.807, 2.05) is 36.4 Å². The van der Waals surface area contributed by atoms with E-state index in [0.29, 0.717) is 11.6 Å². The fraction of sp³-hybridized carbons (Fsp3) is 0.400. The highest BCUT2D eigenvalue weighted by Crippen LogP contribution is 2.25. The van der Waals surface area contributed by atoms with E-state index in [1.54, 1.807) is 6.26 Å². The molecule has 1 aliphatic rings. The van der Waals surface area contributed by atoms with Gasteiger partial charge in [0.05, 0.1) is 23.9 Å². The first-order valence-electron chi connectivity index (χ1n) is 8.66. The molecule has 1 fully saturated rings. The van der Waals surface area contributed by atoms with Gasteiger partial charge >= 0.3 is 0 Å². The van der Waals surface area contributed by atoms with Crippen molar-refractivity contribution >= 4 is 18.2 Å². The highest BCUT2D eigenvalue weighted by molar-refractivity contribution is 5.96.